The normalized spacial score (nSPS) is 23.2. The molecule has 1 saturated heterocycles. The van der Waals surface area contributed by atoms with Crippen LogP contribution in [0, 0.1) is 0 Å². The molecule has 0 aromatic heterocycles. The van der Waals surface area contributed by atoms with Crippen LogP contribution in [0.5, 0.6) is 5.75 Å². The topological polar surface area (TPSA) is 21.8 Å². The molecule has 1 fully saturated rings. The van der Waals surface area contributed by atoms with Gasteiger partial charge in [-0.15, -0.1) is 0 Å². The zero-order chi connectivity index (χ0) is 13.8. The van der Waals surface area contributed by atoms with E-state index in [1.54, 1.807) is 0 Å². The van der Waals surface area contributed by atoms with E-state index in [1.165, 1.54) is 5.56 Å². The van der Waals surface area contributed by atoms with Gasteiger partial charge >= 0.3 is 0 Å². The molecule has 3 atom stereocenters. The van der Waals surface area contributed by atoms with Crippen LogP contribution in [0.25, 0.3) is 0 Å². The Balaban J connectivity index is 2.15. The average molecular weight is 283 g/mol. The third-order valence-corrected chi connectivity index (χ3v) is 3.95. The maximum absolute atomic E-state index is 6.15. The molecule has 0 radical (unpaired) electrons. The second kappa shape index (κ2) is 6.62. The van der Waals surface area contributed by atoms with Crippen molar-refractivity contribution in [1.82, 2.24) is 0 Å². The van der Waals surface area contributed by atoms with E-state index in [2.05, 4.69) is 20.8 Å². The van der Waals surface area contributed by atoms with Gasteiger partial charge in [-0.05, 0) is 55.9 Å². The van der Waals surface area contributed by atoms with Gasteiger partial charge in [0.2, 0.25) is 0 Å². The van der Waals surface area contributed by atoms with Crippen molar-refractivity contribution in [2.24, 2.45) is 0 Å². The number of rotatable bonds is 7. The lowest BCUT2D eigenvalue weighted by molar-refractivity contribution is 0.308. The minimum atomic E-state index is 0.406. The molecule has 2 nitrogen and oxygen atoms in total. The predicted molar refractivity (Wildman–Crippen MR) is 79.2 cm³/mol. The van der Waals surface area contributed by atoms with Crippen LogP contribution in [0.2, 0.25) is 5.02 Å². The molecule has 106 valence electrons. The highest BCUT2D eigenvalue weighted by atomic mass is 35.5. The lowest BCUT2D eigenvalue weighted by atomic mass is 9.90. The molecule has 19 heavy (non-hydrogen) atoms. The summed E-state index contributed by atoms with van der Waals surface area (Å²) < 4.78 is 11.4. The minimum absolute atomic E-state index is 0.406. The SMILES string of the molecule is CCCOc1ccc(Cl)cc1C(CC)CC1OC1C. The van der Waals surface area contributed by atoms with Gasteiger partial charge in [-0.25, -0.2) is 0 Å². The lowest BCUT2D eigenvalue weighted by Gasteiger charge is -2.19. The highest BCUT2D eigenvalue weighted by Gasteiger charge is 2.36. The fourth-order valence-electron chi connectivity index (χ4n) is 2.45. The van der Waals surface area contributed by atoms with Crippen LogP contribution < -0.4 is 4.74 Å². The largest absolute Gasteiger partial charge is 0.493 e. The van der Waals surface area contributed by atoms with Crippen molar-refractivity contribution in [1.29, 1.82) is 0 Å². The average Bonchev–Trinajstić information content (AvgIpc) is 3.10. The molecule has 0 bridgehead atoms. The van der Waals surface area contributed by atoms with Gasteiger partial charge in [-0.2, -0.15) is 0 Å². The number of epoxide rings is 1. The molecule has 1 heterocycles. The molecular formula is C16H23ClO2. The number of benzene rings is 1. The van der Waals surface area contributed by atoms with E-state index in [9.17, 15) is 0 Å². The summed E-state index contributed by atoms with van der Waals surface area (Å²) in [5.41, 5.74) is 1.23. The molecule has 1 aliphatic heterocycles. The third kappa shape index (κ3) is 3.87. The molecule has 2 rings (SSSR count). The Morgan fingerprint density at radius 1 is 1.37 bits per heavy atom. The van der Waals surface area contributed by atoms with Crippen molar-refractivity contribution in [2.75, 3.05) is 6.61 Å². The second-order valence-corrected chi connectivity index (χ2v) is 5.69. The number of ether oxygens (including phenoxy) is 2. The Morgan fingerprint density at radius 3 is 2.68 bits per heavy atom. The van der Waals surface area contributed by atoms with Gasteiger partial charge < -0.3 is 9.47 Å². The highest BCUT2D eigenvalue weighted by molar-refractivity contribution is 6.30. The maximum atomic E-state index is 6.15. The summed E-state index contributed by atoms with van der Waals surface area (Å²) in [5.74, 6) is 1.44. The van der Waals surface area contributed by atoms with E-state index in [-0.39, 0.29) is 0 Å². The smallest absolute Gasteiger partial charge is 0.122 e. The quantitative estimate of drug-likeness (QED) is 0.670. The van der Waals surface area contributed by atoms with Gasteiger partial charge in [0.25, 0.3) is 0 Å². The van der Waals surface area contributed by atoms with Crippen LogP contribution in [0.3, 0.4) is 0 Å². The summed E-state index contributed by atoms with van der Waals surface area (Å²) in [6.45, 7) is 7.21. The van der Waals surface area contributed by atoms with E-state index in [4.69, 9.17) is 21.1 Å². The van der Waals surface area contributed by atoms with E-state index in [0.29, 0.717) is 18.1 Å². The Morgan fingerprint density at radius 2 is 2.11 bits per heavy atom. The summed E-state index contributed by atoms with van der Waals surface area (Å²) in [6.07, 6.45) is 3.97. The van der Waals surface area contributed by atoms with Crippen molar-refractivity contribution in [3.63, 3.8) is 0 Å². The lowest BCUT2D eigenvalue weighted by Crippen LogP contribution is -2.07. The second-order valence-electron chi connectivity index (χ2n) is 5.25. The summed E-state index contributed by atoms with van der Waals surface area (Å²) in [7, 11) is 0. The van der Waals surface area contributed by atoms with Crippen LogP contribution in [-0.2, 0) is 4.74 Å². The summed E-state index contributed by atoms with van der Waals surface area (Å²) in [5, 5.41) is 0.780. The van der Waals surface area contributed by atoms with Crippen molar-refractivity contribution >= 4 is 11.6 Å². The monoisotopic (exact) mass is 282 g/mol. The first-order chi connectivity index (χ1) is 9.15. The van der Waals surface area contributed by atoms with E-state index in [1.807, 2.05) is 18.2 Å². The van der Waals surface area contributed by atoms with Gasteiger partial charge in [0.05, 0.1) is 18.8 Å². The van der Waals surface area contributed by atoms with Crippen molar-refractivity contribution in [3.05, 3.63) is 28.8 Å². The molecular weight excluding hydrogens is 260 g/mol. The molecule has 3 heteroatoms. The number of hydrogen-bond donors (Lipinski definition) is 0. The molecule has 0 aliphatic carbocycles. The number of hydrogen-bond acceptors (Lipinski definition) is 2. The van der Waals surface area contributed by atoms with Gasteiger partial charge in [-0.3, -0.25) is 0 Å². The molecule has 0 amide bonds. The highest BCUT2D eigenvalue weighted by Crippen LogP contribution is 2.39. The fraction of sp³-hybridized carbons (Fsp3) is 0.625. The van der Waals surface area contributed by atoms with Gasteiger partial charge in [0.15, 0.2) is 0 Å². The fourth-order valence-corrected chi connectivity index (χ4v) is 2.63. The van der Waals surface area contributed by atoms with E-state index in [0.717, 1.165) is 36.6 Å². The van der Waals surface area contributed by atoms with Gasteiger partial charge in [-0.1, -0.05) is 25.4 Å². The molecule has 1 aromatic rings. The van der Waals surface area contributed by atoms with Crippen LogP contribution >= 0.6 is 11.6 Å². The summed E-state index contributed by atoms with van der Waals surface area (Å²) in [6, 6.07) is 5.94. The Hall–Kier alpha value is -0.730. The first-order valence-electron chi connectivity index (χ1n) is 7.23. The Kier molecular flexibility index (Phi) is 5.12. The van der Waals surface area contributed by atoms with Crippen molar-refractivity contribution < 1.29 is 9.47 Å². The molecule has 0 N–H and O–H groups in total. The van der Waals surface area contributed by atoms with Gasteiger partial charge in [0.1, 0.15) is 5.75 Å². The zero-order valence-electron chi connectivity index (χ0n) is 12.0. The van der Waals surface area contributed by atoms with Gasteiger partial charge in [0, 0.05) is 5.02 Å². The molecule has 0 spiro atoms. The van der Waals surface area contributed by atoms with Crippen LogP contribution in [0.1, 0.15) is 51.5 Å². The maximum Gasteiger partial charge on any atom is 0.122 e. The van der Waals surface area contributed by atoms with E-state index >= 15 is 0 Å². The summed E-state index contributed by atoms with van der Waals surface area (Å²) >= 11 is 6.15. The van der Waals surface area contributed by atoms with Crippen LogP contribution in [0.15, 0.2) is 18.2 Å². The first-order valence-corrected chi connectivity index (χ1v) is 7.61. The minimum Gasteiger partial charge on any atom is -0.493 e. The molecule has 3 unspecified atom stereocenters. The third-order valence-electron chi connectivity index (χ3n) is 3.72. The molecule has 1 aromatic carbocycles. The predicted octanol–water partition coefficient (Wildman–Crippen LogP) is 4.80. The standard InChI is InChI=1S/C16H23ClO2/c1-4-8-18-15-7-6-13(17)10-14(15)12(5-2)9-16-11(3)19-16/h6-7,10-12,16H,4-5,8-9H2,1-3H3. The summed E-state index contributed by atoms with van der Waals surface area (Å²) in [4.78, 5) is 0. The molecule has 0 saturated carbocycles. The Bertz CT molecular complexity index is 419. The van der Waals surface area contributed by atoms with Crippen LogP contribution in [0.4, 0.5) is 0 Å². The van der Waals surface area contributed by atoms with Crippen molar-refractivity contribution in [3.8, 4) is 5.75 Å². The number of halogens is 1. The zero-order valence-corrected chi connectivity index (χ0v) is 12.7. The van der Waals surface area contributed by atoms with Crippen molar-refractivity contribution in [2.45, 2.75) is 58.2 Å². The first kappa shape index (κ1) is 14.7. The molecule has 1 aliphatic rings. The van der Waals surface area contributed by atoms with E-state index < -0.39 is 0 Å². The Labute approximate surface area is 121 Å². The van der Waals surface area contributed by atoms with Crippen LogP contribution in [-0.4, -0.2) is 18.8 Å².